The van der Waals surface area contributed by atoms with E-state index in [2.05, 4.69) is 30.2 Å². The maximum Gasteiger partial charge on any atom is 0.293 e. The minimum absolute atomic E-state index is 0.250. The van der Waals surface area contributed by atoms with Crippen molar-refractivity contribution < 1.29 is 13.9 Å². The van der Waals surface area contributed by atoms with Gasteiger partial charge in [0.25, 0.3) is 5.91 Å². The van der Waals surface area contributed by atoms with Crippen molar-refractivity contribution in [3.05, 3.63) is 65.4 Å². The summed E-state index contributed by atoms with van der Waals surface area (Å²) in [6.07, 6.45) is 0. The molecule has 27 heavy (non-hydrogen) atoms. The molecule has 2 aromatic heterocycles. The number of amides is 1. The van der Waals surface area contributed by atoms with E-state index in [1.807, 2.05) is 36.4 Å². The second-order valence-electron chi connectivity index (χ2n) is 6.27. The molecule has 0 radical (unpaired) electrons. The molecule has 136 valence electrons. The van der Waals surface area contributed by atoms with Crippen molar-refractivity contribution in [2.75, 3.05) is 12.4 Å². The molecule has 0 saturated carbocycles. The minimum Gasteiger partial charge on any atom is -0.497 e. The number of carbonyl (C=O) groups is 1. The normalized spacial score (nSPS) is 10.9. The van der Waals surface area contributed by atoms with E-state index in [4.69, 9.17) is 9.15 Å². The fourth-order valence-electron chi connectivity index (χ4n) is 2.75. The Balaban J connectivity index is 1.55. The summed E-state index contributed by atoms with van der Waals surface area (Å²) in [6.45, 7) is 4.12. The SMILES string of the molecule is COc1ccc2nc(NC(=O)c3ccc(-c4ccc(C)c(C)c4)o3)sc2c1. The van der Waals surface area contributed by atoms with Gasteiger partial charge in [-0.1, -0.05) is 23.5 Å². The summed E-state index contributed by atoms with van der Waals surface area (Å²) in [5, 5.41) is 3.33. The van der Waals surface area contributed by atoms with Gasteiger partial charge in [-0.2, -0.15) is 0 Å². The summed E-state index contributed by atoms with van der Waals surface area (Å²) in [7, 11) is 1.62. The monoisotopic (exact) mass is 378 g/mol. The van der Waals surface area contributed by atoms with Crippen LogP contribution in [0.1, 0.15) is 21.7 Å². The molecule has 0 spiro atoms. The predicted octanol–water partition coefficient (Wildman–Crippen LogP) is 5.43. The third kappa shape index (κ3) is 3.44. The molecular formula is C21H18N2O3S. The zero-order valence-corrected chi connectivity index (χ0v) is 16.0. The van der Waals surface area contributed by atoms with Gasteiger partial charge in [-0.15, -0.1) is 0 Å². The van der Waals surface area contributed by atoms with Gasteiger partial charge in [0.15, 0.2) is 10.9 Å². The molecule has 0 fully saturated rings. The van der Waals surface area contributed by atoms with Crippen molar-refractivity contribution in [1.29, 1.82) is 0 Å². The Morgan fingerprint density at radius 2 is 1.93 bits per heavy atom. The molecule has 0 aliphatic carbocycles. The van der Waals surface area contributed by atoms with Crippen LogP contribution in [0.4, 0.5) is 5.13 Å². The Morgan fingerprint density at radius 1 is 1.07 bits per heavy atom. The Labute approximate surface area is 160 Å². The van der Waals surface area contributed by atoms with Gasteiger partial charge in [-0.25, -0.2) is 4.98 Å². The van der Waals surface area contributed by atoms with Crippen molar-refractivity contribution in [3.63, 3.8) is 0 Å². The minimum atomic E-state index is -0.323. The number of methoxy groups -OCH3 is 1. The summed E-state index contributed by atoms with van der Waals surface area (Å²) in [5.74, 6) is 1.35. The van der Waals surface area contributed by atoms with Gasteiger partial charge in [-0.05, 0) is 61.4 Å². The molecule has 5 nitrogen and oxygen atoms in total. The number of aryl methyl sites for hydroxylation is 2. The fourth-order valence-corrected chi connectivity index (χ4v) is 3.64. The molecule has 0 saturated heterocycles. The van der Waals surface area contributed by atoms with Crippen molar-refractivity contribution in [2.24, 2.45) is 0 Å². The van der Waals surface area contributed by atoms with E-state index >= 15 is 0 Å². The van der Waals surface area contributed by atoms with Crippen LogP contribution in [0, 0.1) is 13.8 Å². The van der Waals surface area contributed by atoms with E-state index < -0.39 is 0 Å². The molecule has 1 N–H and O–H groups in total. The molecule has 4 rings (SSSR count). The number of benzene rings is 2. The van der Waals surface area contributed by atoms with E-state index in [9.17, 15) is 4.79 Å². The van der Waals surface area contributed by atoms with Gasteiger partial charge in [0.05, 0.1) is 17.3 Å². The smallest absolute Gasteiger partial charge is 0.293 e. The number of aromatic nitrogens is 1. The Hall–Kier alpha value is -3.12. The van der Waals surface area contributed by atoms with Gasteiger partial charge in [0.1, 0.15) is 11.5 Å². The number of ether oxygens (including phenoxy) is 1. The topological polar surface area (TPSA) is 64.4 Å². The molecule has 0 bridgehead atoms. The number of thiazole rings is 1. The summed E-state index contributed by atoms with van der Waals surface area (Å²) in [5.41, 5.74) is 4.16. The zero-order valence-electron chi connectivity index (χ0n) is 15.2. The number of carbonyl (C=O) groups excluding carboxylic acids is 1. The second-order valence-corrected chi connectivity index (χ2v) is 7.30. The van der Waals surface area contributed by atoms with Crippen LogP contribution in [0.2, 0.25) is 0 Å². The molecule has 1 amide bonds. The van der Waals surface area contributed by atoms with Gasteiger partial charge >= 0.3 is 0 Å². The molecule has 2 heterocycles. The molecule has 6 heteroatoms. The van der Waals surface area contributed by atoms with Crippen LogP contribution in [0.5, 0.6) is 5.75 Å². The number of hydrogen-bond acceptors (Lipinski definition) is 5. The summed E-state index contributed by atoms with van der Waals surface area (Å²) >= 11 is 1.39. The standard InChI is InChI=1S/C21H18N2O3S/c1-12-4-5-14(10-13(12)2)17-8-9-18(26-17)20(24)23-21-22-16-7-6-15(25-3)11-19(16)27-21/h4-11H,1-3H3,(H,22,23,24). The maximum atomic E-state index is 12.5. The Morgan fingerprint density at radius 3 is 2.70 bits per heavy atom. The Bertz CT molecular complexity index is 1140. The molecule has 0 unspecified atom stereocenters. The highest BCUT2D eigenvalue weighted by atomic mass is 32.1. The first-order chi connectivity index (χ1) is 13.0. The highest BCUT2D eigenvalue weighted by molar-refractivity contribution is 7.22. The average molecular weight is 378 g/mol. The Kier molecular flexibility index (Phi) is 4.41. The third-order valence-electron chi connectivity index (χ3n) is 4.44. The van der Waals surface area contributed by atoms with Crippen LogP contribution in [0.25, 0.3) is 21.5 Å². The first kappa shape index (κ1) is 17.3. The highest BCUT2D eigenvalue weighted by Crippen LogP contribution is 2.30. The highest BCUT2D eigenvalue weighted by Gasteiger charge is 2.15. The van der Waals surface area contributed by atoms with E-state index in [0.29, 0.717) is 10.9 Å². The number of fused-ring (bicyclic) bond motifs is 1. The maximum absolute atomic E-state index is 12.5. The molecule has 0 aliphatic heterocycles. The van der Waals surface area contributed by atoms with Crippen LogP contribution in [-0.4, -0.2) is 18.0 Å². The molecule has 0 atom stereocenters. The lowest BCUT2D eigenvalue weighted by molar-refractivity contribution is 0.0997. The van der Waals surface area contributed by atoms with Crippen molar-refractivity contribution in [3.8, 4) is 17.1 Å². The summed E-state index contributed by atoms with van der Waals surface area (Å²) in [6, 6.07) is 15.2. The van der Waals surface area contributed by atoms with E-state index in [1.165, 1.54) is 22.5 Å². The zero-order chi connectivity index (χ0) is 19.0. The van der Waals surface area contributed by atoms with E-state index in [-0.39, 0.29) is 11.7 Å². The lowest BCUT2D eigenvalue weighted by atomic mass is 10.1. The number of nitrogens with zero attached hydrogens (tertiary/aromatic N) is 1. The van der Waals surface area contributed by atoms with E-state index in [1.54, 1.807) is 13.2 Å². The van der Waals surface area contributed by atoms with E-state index in [0.717, 1.165) is 21.5 Å². The lowest BCUT2D eigenvalue weighted by Gasteiger charge is -2.02. The third-order valence-corrected chi connectivity index (χ3v) is 5.37. The fraction of sp³-hybridized carbons (Fsp3) is 0.143. The van der Waals surface area contributed by atoms with Crippen LogP contribution in [-0.2, 0) is 0 Å². The largest absolute Gasteiger partial charge is 0.497 e. The second kappa shape index (κ2) is 6.89. The predicted molar refractivity (Wildman–Crippen MR) is 108 cm³/mol. The number of hydrogen-bond donors (Lipinski definition) is 1. The summed E-state index contributed by atoms with van der Waals surface area (Å²) in [4.78, 5) is 16.9. The first-order valence-electron chi connectivity index (χ1n) is 8.47. The molecule has 0 aliphatic rings. The van der Waals surface area contributed by atoms with Crippen molar-refractivity contribution >= 4 is 32.6 Å². The number of nitrogens with one attached hydrogen (secondary N) is 1. The molecule has 2 aromatic carbocycles. The van der Waals surface area contributed by atoms with Crippen LogP contribution in [0.3, 0.4) is 0 Å². The number of rotatable bonds is 4. The molecular weight excluding hydrogens is 360 g/mol. The number of furan rings is 1. The van der Waals surface area contributed by atoms with Gasteiger partial charge < -0.3 is 9.15 Å². The first-order valence-corrected chi connectivity index (χ1v) is 9.28. The van der Waals surface area contributed by atoms with Crippen molar-refractivity contribution in [2.45, 2.75) is 13.8 Å². The summed E-state index contributed by atoms with van der Waals surface area (Å²) < 4.78 is 11.9. The average Bonchev–Trinajstić information content (AvgIpc) is 3.30. The van der Waals surface area contributed by atoms with Crippen LogP contribution in [0.15, 0.2) is 52.9 Å². The van der Waals surface area contributed by atoms with Gasteiger partial charge in [-0.3, -0.25) is 10.1 Å². The van der Waals surface area contributed by atoms with Crippen molar-refractivity contribution in [1.82, 2.24) is 4.98 Å². The van der Waals surface area contributed by atoms with Crippen LogP contribution < -0.4 is 10.1 Å². The van der Waals surface area contributed by atoms with Crippen LogP contribution >= 0.6 is 11.3 Å². The number of anilines is 1. The van der Waals surface area contributed by atoms with Gasteiger partial charge in [0.2, 0.25) is 0 Å². The van der Waals surface area contributed by atoms with Gasteiger partial charge in [0, 0.05) is 5.56 Å². The lowest BCUT2D eigenvalue weighted by Crippen LogP contribution is -2.10. The molecule has 4 aromatic rings. The quantitative estimate of drug-likeness (QED) is 0.514.